The molecule has 1 aliphatic heterocycles. The number of anilines is 1. The first-order valence-corrected chi connectivity index (χ1v) is 9.91. The number of carbonyl (C=O) groups excluding carboxylic acids is 4. The van der Waals surface area contributed by atoms with E-state index in [0.29, 0.717) is 17.7 Å². The standard InChI is InChI=1S/C21H24N4O5/c1-13-6-3-4-9-21(13)19(28)25(20(29)24-21)12-17(26)30-14(2)18(27)23-16-8-5-7-15(10-16)11-22/h5,7-8,10,13-14H,3-4,6,9,12H2,1-2H3,(H,23,27)(H,24,29)/t13-,14+,21-/m1/s1. The van der Waals surface area contributed by atoms with Crippen LogP contribution in [0, 0.1) is 17.2 Å². The van der Waals surface area contributed by atoms with E-state index < -0.39 is 42.0 Å². The summed E-state index contributed by atoms with van der Waals surface area (Å²) in [7, 11) is 0. The molecule has 0 radical (unpaired) electrons. The van der Waals surface area contributed by atoms with Gasteiger partial charge in [-0.3, -0.25) is 19.3 Å². The smallest absolute Gasteiger partial charge is 0.327 e. The van der Waals surface area contributed by atoms with E-state index in [-0.39, 0.29) is 5.92 Å². The van der Waals surface area contributed by atoms with Gasteiger partial charge in [0, 0.05) is 5.69 Å². The third-order valence-electron chi connectivity index (χ3n) is 5.73. The van der Waals surface area contributed by atoms with Gasteiger partial charge in [0.15, 0.2) is 6.10 Å². The molecule has 0 unspecified atom stereocenters. The zero-order valence-corrected chi connectivity index (χ0v) is 16.9. The number of ether oxygens (including phenoxy) is 1. The highest BCUT2D eigenvalue weighted by Crippen LogP contribution is 2.38. The van der Waals surface area contributed by atoms with E-state index in [9.17, 15) is 19.2 Å². The maximum Gasteiger partial charge on any atom is 0.327 e. The van der Waals surface area contributed by atoms with E-state index in [0.717, 1.165) is 24.2 Å². The summed E-state index contributed by atoms with van der Waals surface area (Å²) >= 11 is 0. The monoisotopic (exact) mass is 412 g/mol. The van der Waals surface area contributed by atoms with Gasteiger partial charge in [-0.25, -0.2) is 4.79 Å². The number of rotatable bonds is 5. The van der Waals surface area contributed by atoms with Crippen LogP contribution in [0.15, 0.2) is 24.3 Å². The summed E-state index contributed by atoms with van der Waals surface area (Å²) in [6, 6.07) is 7.65. The van der Waals surface area contributed by atoms with Crippen molar-refractivity contribution >= 4 is 29.5 Å². The molecule has 9 heteroatoms. The van der Waals surface area contributed by atoms with Crippen molar-refractivity contribution in [2.24, 2.45) is 5.92 Å². The van der Waals surface area contributed by atoms with Crippen molar-refractivity contribution < 1.29 is 23.9 Å². The lowest BCUT2D eigenvalue weighted by Crippen LogP contribution is -2.54. The van der Waals surface area contributed by atoms with Crippen LogP contribution in [0.3, 0.4) is 0 Å². The Hall–Kier alpha value is -3.41. The molecular formula is C21H24N4O5. The minimum atomic E-state index is -1.15. The van der Waals surface area contributed by atoms with Gasteiger partial charge in [0.25, 0.3) is 11.8 Å². The van der Waals surface area contributed by atoms with Crippen LogP contribution in [0.2, 0.25) is 0 Å². The van der Waals surface area contributed by atoms with Crippen LogP contribution in [-0.2, 0) is 19.1 Å². The Labute approximate surface area is 174 Å². The summed E-state index contributed by atoms with van der Waals surface area (Å²) in [5, 5.41) is 14.2. The van der Waals surface area contributed by atoms with Gasteiger partial charge >= 0.3 is 12.0 Å². The first-order valence-electron chi connectivity index (χ1n) is 9.91. The number of hydrogen-bond acceptors (Lipinski definition) is 6. The van der Waals surface area contributed by atoms with E-state index in [1.807, 2.05) is 13.0 Å². The number of nitrogens with zero attached hydrogens (tertiary/aromatic N) is 2. The molecule has 30 heavy (non-hydrogen) atoms. The van der Waals surface area contributed by atoms with Crippen molar-refractivity contribution in [3.8, 4) is 6.07 Å². The van der Waals surface area contributed by atoms with Crippen molar-refractivity contribution in [2.75, 3.05) is 11.9 Å². The highest BCUT2D eigenvalue weighted by atomic mass is 16.5. The van der Waals surface area contributed by atoms with Gasteiger partial charge in [0.05, 0.1) is 11.6 Å². The topological polar surface area (TPSA) is 129 Å². The van der Waals surface area contributed by atoms with E-state index >= 15 is 0 Å². The SMILES string of the molecule is C[C@H](OC(=O)CN1C(=O)N[C@@]2(CCCC[C@H]2C)C1=O)C(=O)Nc1cccc(C#N)c1. The second-order valence-corrected chi connectivity index (χ2v) is 7.75. The average Bonchev–Trinajstić information content (AvgIpc) is 2.95. The molecular weight excluding hydrogens is 388 g/mol. The number of nitrogens with one attached hydrogen (secondary N) is 2. The molecule has 2 aliphatic rings. The van der Waals surface area contributed by atoms with Crippen LogP contribution in [0.25, 0.3) is 0 Å². The molecule has 1 aliphatic carbocycles. The summed E-state index contributed by atoms with van der Waals surface area (Å²) in [5.41, 5.74) is -0.184. The van der Waals surface area contributed by atoms with Gasteiger partial charge in [-0.2, -0.15) is 5.26 Å². The van der Waals surface area contributed by atoms with Crippen LogP contribution in [0.4, 0.5) is 10.5 Å². The maximum atomic E-state index is 12.9. The summed E-state index contributed by atoms with van der Waals surface area (Å²) in [6.45, 7) is 2.76. The van der Waals surface area contributed by atoms with Crippen molar-refractivity contribution in [2.45, 2.75) is 51.2 Å². The van der Waals surface area contributed by atoms with E-state index in [2.05, 4.69) is 10.6 Å². The molecule has 2 fully saturated rings. The molecule has 1 saturated heterocycles. The molecule has 3 rings (SSSR count). The van der Waals surface area contributed by atoms with E-state index in [1.54, 1.807) is 18.2 Å². The van der Waals surface area contributed by atoms with Gasteiger partial charge in [0.2, 0.25) is 0 Å². The zero-order chi connectivity index (χ0) is 21.9. The number of urea groups is 1. The minimum Gasteiger partial charge on any atom is -0.451 e. The number of amides is 4. The maximum absolute atomic E-state index is 12.9. The minimum absolute atomic E-state index is 0.0161. The molecule has 4 amide bonds. The fourth-order valence-corrected chi connectivity index (χ4v) is 3.97. The average molecular weight is 412 g/mol. The van der Waals surface area contributed by atoms with Crippen molar-refractivity contribution in [3.05, 3.63) is 29.8 Å². The molecule has 2 N–H and O–H groups in total. The van der Waals surface area contributed by atoms with Gasteiger partial charge < -0.3 is 15.4 Å². The Bertz CT molecular complexity index is 924. The highest BCUT2D eigenvalue weighted by molar-refractivity contribution is 6.09. The predicted octanol–water partition coefficient (Wildman–Crippen LogP) is 1.93. The van der Waals surface area contributed by atoms with Crippen molar-refractivity contribution in [1.82, 2.24) is 10.2 Å². The van der Waals surface area contributed by atoms with Crippen LogP contribution in [0.5, 0.6) is 0 Å². The molecule has 1 saturated carbocycles. The lowest BCUT2D eigenvalue weighted by Gasteiger charge is -2.36. The second-order valence-electron chi connectivity index (χ2n) is 7.75. The molecule has 158 valence electrons. The first kappa shape index (κ1) is 21.3. The number of imide groups is 1. The summed E-state index contributed by atoms with van der Waals surface area (Å²) < 4.78 is 5.11. The Kier molecular flexibility index (Phi) is 6.06. The zero-order valence-electron chi connectivity index (χ0n) is 16.9. The predicted molar refractivity (Wildman–Crippen MR) is 106 cm³/mol. The number of esters is 1. The Balaban J connectivity index is 1.58. The Morgan fingerprint density at radius 3 is 2.87 bits per heavy atom. The summed E-state index contributed by atoms with van der Waals surface area (Å²) in [4.78, 5) is 50.7. The fourth-order valence-electron chi connectivity index (χ4n) is 3.97. The van der Waals surface area contributed by atoms with Gasteiger partial charge in [-0.05, 0) is 43.9 Å². The van der Waals surface area contributed by atoms with Gasteiger partial charge in [-0.1, -0.05) is 25.8 Å². The third kappa shape index (κ3) is 4.13. The third-order valence-corrected chi connectivity index (χ3v) is 5.73. The first-order chi connectivity index (χ1) is 14.3. The van der Waals surface area contributed by atoms with Crippen molar-refractivity contribution in [3.63, 3.8) is 0 Å². The molecule has 1 spiro atoms. The Morgan fingerprint density at radius 2 is 2.17 bits per heavy atom. The fraction of sp³-hybridized carbons (Fsp3) is 0.476. The van der Waals surface area contributed by atoms with Crippen LogP contribution in [0.1, 0.15) is 45.1 Å². The van der Waals surface area contributed by atoms with Gasteiger partial charge in [0.1, 0.15) is 12.1 Å². The largest absolute Gasteiger partial charge is 0.451 e. The lowest BCUT2D eigenvalue weighted by atomic mass is 9.73. The quantitative estimate of drug-likeness (QED) is 0.562. The number of nitriles is 1. The molecule has 0 bridgehead atoms. The second kappa shape index (κ2) is 8.53. The molecule has 0 aromatic heterocycles. The van der Waals surface area contributed by atoms with Crippen molar-refractivity contribution in [1.29, 1.82) is 5.26 Å². The van der Waals surface area contributed by atoms with E-state index in [4.69, 9.17) is 10.00 Å². The highest BCUT2D eigenvalue weighted by Gasteiger charge is 2.55. The number of benzene rings is 1. The van der Waals surface area contributed by atoms with Gasteiger partial charge in [-0.15, -0.1) is 0 Å². The molecule has 9 nitrogen and oxygen atoms in total. The number of carbonyl (C=O) groups is 4. The number of hydrogen-bond donors (Lipinski definition) is 2. The molecule has 1 aromatic rings. The van der Waals surface area contributed by atoms with Crippen LogP contribution in [-0.4, -0.2) is 46.9 Å². The normalized spacial score (nSPS) is 24.2. The Morgan fingerprint density at radius 1 is 1.40 bits per heavy atom. The lowest BCUT2D eigenvalue weighted by molar-refractivity contribution is -0.155. The molecule has 3 atom stereocenters. The molecule has 1 heterocycles. The van der Waals surface area contributed by atoms with Crippen LogP contribution < -0.4 is 10.6 Å². The van der Waals surface area contributed by atoms with E-state index in [1.165, 1.54) is 13.0 Å². The summed E-state index contributed by atoms with van der Waals surface area (Å²) in [6.07, 6.45) is 2.06. The summed E-state index contributed by atoms with van der Waals surface area (Å²) in [5.74, 6) is -1.87. The molecule has 1 aromatic carbocycles. The van der Waals surface area contributed by atoms with Crippen LogP contribution >= 0.6 is 0 Å².